The highest BCUT2D eigenvalue weighted by Gasteiger charge is 2.02. The molecule has 18 heteroatoms. The van der Waals surface area contributed by atoms with Gasteiger partial charge in [0, 0.05) is 36.4 Å². The molecule has 0 atom stereocenters. The van der Waals surface area contributed by atoms with Gasteiger partial charge >= 0.3 is 30.4 Å². The van der Waals surface area contributed by atoms with Crippen LogP contribution in [-0.2, 0) is 18.3 Å². The highest BCUT2D eigenvalue weighted by atomic mass is 31.2. The minimum Gasteiger partial charge on any atom is -0.329 e. The van der Waals surface area contributed by atoms with Crippen molar-refractivity contribution in [3.8, 4) is 0 Å². The molecule has 0 amide bonds. The van der Waals surface area contributed by atoms with Crippen molar-refractivity contribution in [1.82, 2.24) is 0 Å². The van der Waals surface area contributed by atoms with Gasteiger partial charge in [-0.05, 0) is 0 Å². The molecule has 28 heavy (non-hydrogen) atoms. The minimum absolute atomic E-state index is 0.597. The normalized spacial score (nSPS) is 10.5. The molecule has 0 aliphatic heterocycles. The van der Waals surface area contributed by atoms with Crippen molar-refractivity contribution < 1.29 is 57.4 Å². The minimum atomic E-state index is -3.88. The van der Waals surface area contributed by atoms with Crippen LogP contribution in [0.1, 0.15) is 0 Å². The first-order valence-electron chi connectivity index (χ1n) is 6.31. The molecule has 14 nitrogen and oxygen atoms in total. The zero-order valence-corrected chi connectivity index (χ0v) is 18.3. The highest BCUT2D eigenvalue weighted by Crippen LogP contribution is 2.35. The van der Waals surface area contributed by atoms with Crippen LogP contribution in [0.4, 0.5) is 0 Å². The molecule has 0 bridgehead atoms. The standard InChI is InChI=1S/C2H8N2.4C2H5O3P/c3-1-2-4;4*1-2-6(3,4)5/h1-4H2;4*2H,1H2,(H2,3,4,5). The van der Waals surface area contributed by atoms with Crippen molar-refractivity contribution >= 4 is 30.4 Å². The Bertz CT molecular complexity index is 508. The van der Waals surface area contributed by atoms with E-state index in [1.54, 1.807) is 0 Å². The summed E-state index contributed by atoms with van der Waals surface area (Å²) < 4.78 is 38.3. The van der Waals surface area contributed by atoms with Gasteiger partial charge < -0.3 is 50.6 Å². The smallest absolute Gasteiger partial charge is 0.329 e. The molecule has 0 aromatic rings. The summed E-state index contributed by atoms with van der Waals surface area (Å²) in [5.74, 6) is 2.42. The summed E-state index contributed by atoms with van der Waals surface area (Å²) >= 11 is 0. The number of hydrogen-bond acceptors (Lipinski definition) is 6. The lowest BCUT2D eigenvalue weighted by atomic mass is 10.7. The van der Waals surface area contributed by atoms with E-state index in [1.165, 1.54) is 0 Å². The maximum absolute atomic E-state index is 9.58. The van der Waals surface area contributed by atoms with Gasteiger partial charge in [-0.3, -0.25) is 18.3 Å². The summed E-state index contributed by atoms with van der Waals surface area (Å²) in [6.45, 7) is 12.7. The molecule has 0 saturated heterocycles. The van der Waals surface area contributed by atoms with Gasteiger partial charge in [0.15, 0.2) is 0 Å². The molecular formula is C10H28N2O12P4. The summed E-state index contributed by atoms with van der Waals surface area (Å²) in [6, 6.07) is 0. The lowest BCUT2D eigenvalue weighted by molar-refractivity contribution is 0.384. The Hall–Kier alpha value is -0.520. The maximum Gasteiger partial charge on any atom is 0.348 e. The quantitative estimate of drug-likeness (QED) is 0.228. The molecule has 0 aromatic heterocycles. The zero-order chi connectivity index (χ0) is 24.2. The van der Waals surface area contributed by atoms with Crippen molar-refractivity contribution in [2.45, 2.75) is 0 Å². The molecule has 0 radical (unpaired) electrons. The van der Waals surface area contributed by atoms with Crippen molar-refractivity contribution in [2.75, 3.05) is 13.1 Å². The fraction of sp³-hybridized carbons (Fsp3) is 0.200. The molecule has 0 aromatic carbocycles. The molecule has 0 aliphatic rings. The maximum atomic E-state index is 9.58. The molecular weight excluding hydrogens is 464 g/mol. The molecule has 0 aliphatic carbocycles. The Kier molecular flexibility index (Phi) is 26.9. The largest absolute Gasteiger partial charge is 0.348 e. The predicted molar refractivity (Wildman–Crippen MR) is 107 cm³/mol. The van der Waals surface area contributed by atoms with Crippen molar-refractivity contribution in [3.63, 3.8) is 0 Å². The Morgan fingerprint density at radius 3 is 0.571 bits per heavy atom. The first-order valence-corrected chi connectivity index (χ1v) is 13.0. The molecule has 12 N–H and O–H groups in total. The number of hydrogen-bond donors (Lipinski definition) is 10. The van der Waals surface area contributed by atoms with Gasteiger partial charge in [-0.2, -0.15) is 0 Å². The summed E-state index contributed by atoms with van der Waals surface area (Å²) in [5.41, 5.74) is 9.81. The second-order valence-corrected chi connectivity index (χ2v) is 9.84. The van der Waals surface area contributed by atoms with Crippen LogP contribution in [-0.4, -0.2) is 52.2 Å². The third-order valence-electron chi connectivity index (χ3n) is 1.12. The summed E-state index contributed by atoms with van der Waals surface area (Å²) in [5, 5.41) is 0. The van der Waals surface area contributed by atoms with Crippen molar-refractivity contribution in [2.24, 2.45) is 11.5 Å². The second kappa shape index (κ2) is 19.8. The Morgan fingerprint density at radius 1 is 0.500 bits per heavy atom. The average Bonchev–Trinajstić information content (AvgIpc) is 2.54. The van der Waals surface area contributed by atoms with E-state index >= 15 is 0 Å². The molecule has 0 spiro atoms. The molecule has 170 valence electrons. The van der Waals surface area contributed by atoms with Crippen LogP contribution in [0.2, 0.25) is 0 Å². The van der Waals surface area contributed by atoms with E-state index in [4.69, 9.17) is 50.6 Å². The van der Waals surface area contributed by atoms with Crippen LogP contribution < -0.4 is 11.5 Å². The Balaban J connectivity index is -0.0000000793. The Morgan fingerprint density at radius 2 is 0.571 bits per heavy atom. The third kappa shape index (κ3) is 98.0. The topological polar surface area (TPSA) is 282 Å². The summed E-state index contributed by atoms with van der Waals surface area (Å²) in [7, 11) is -15.5. The highest BCUT2D eigenvalue weighted by molar-refractivity contribution is 7.55. The molecule has 0 unspecified atom stereocenters. The van der Waals surface area contributed by atoms with Gasteiger partial charge in [0.05, 0.1) is 0 Å². The first-order chi connectivity index (χ1) is 12.2. The van der Waals surface area contributed by atoms with Gasteiger partial charge in [0.2, 0.25) is 0 Å². The second-order valence-electron chi connectivity index (χ2n) is 3.66. The summed E-state index contributed by atoms with van der Waals surface area (Å²) in [6.07, 6.45) is 0. The van der Waals surface area contributed by atoms with Crippen molar-refractivity contribution in [3.05, 3.63) is 49.6 Å². The molecule has 0 heterocycles. The van der Waals surface area contributed by atoms with E-state index in [-0.39, 0.29) is 0 Å². The first kappa shape index (κ1) is 38.1. The Labute approximate surface area is 162 Å². The fourth-order valence-corrected chi connectivity index (χ4v) is 0. The molecule has 0 saturated carbocycles. The van der Waals surface area contributed by atoms with Crippen LogP contribution >= 0.6 is 30.4 Å². The van der Waals surface area contributed by atoms with Crippen LogP contribution in [0.5, 0.6) is 0 Å². The monoisotopic (exact) mass is 492 g/mol. The van der Waals surface area contributed by atoms with E-state index in [2.05, 4.69) is 26.3 Å². The zero-order valence-electron chi connectivity index (χ0n) is 14.7. The van der Waals surface area contributed by atoms with Crippen molar-refractivity contribution in [1.29, 1.82) is 0 Å². The van der Waals surface area contributed by atoms with E-state index in [0.29, 0.717) is 36.4 Å². The van der Waals surface area contributed by atoms with E-state index in [1.807, 2.05) is 0 Å². The van der Waals surface area contributed by atoms with Gasteiger partial charge in [0.1, 0.15) is 0 Å². The van der Waals surface area contributed by atoms with Gasteiger partial charge in [0.25, 0.3) is 0 Å². The van der Waals surface area contributed by atoms with Crippen LogP contribution in [0.25, 0.3) is 0 Å². The predicted octanol–water partition coefficient (Wildman–Crippen LogP) is 0.134. The van der Waals surface area contributed by atoms with Gasteiger partial charge in [-0.25, -0.2) is 0 Å². The lowest BCUT2D eigenvalue weighted by Crippen LogP contribution is -2.11. The van der Waals surface area contributed by atoms with Crippen LogP contribution in [0.15, 0.2) is 49.6 Å². The summed E-state index contributed by atoms with van der Waals surface area (Å²) in [4.78, 5) is 62.6. The van der Waals surface area contributed by atoms with E-state index < -0.39 is 30.4 Å². The van der Waals surface area contributed by atoms with E-state index in [0.717, 1.165) is 0 Å². The number of rotatable bonds is 5. The van der Waals surface area contributed by atoms with Crippen LogP contribution in [0, 0.1) is 0 Å². The number of nitrogens with two attached hydrogens (primary N) is 2. The fourth-order valence-electron chi connectivity index (χ4n) is 0. The third-order valence-corrected chi connectivity index (χ3v) is 3.02. The lowest BCUT2D eigenvalue weighted by Gasteiger charge is -1.87. The van der Waals surface area contributed by atoms with Gasteiger partial charge in [-0.1, -0.05) is 26.3 Å². The molecule has 0 fully saturated rings. The molecule has 0 rings (SSSR count). The van der Waals surface area contributed by atoms with Crippen LogP contribution in [0.3, 0.4) is 0 Å². The van der Waals surface area contributed by atoms with E-state index in [9.17, 15) is 18.3 Å². The van der Waals surface area contributed by atoms with Gasteiger partial charge in [-0.15, -0.1) is 0 Å². The SMILES string of the molecule is C=CP(=O)(O)O.C=CP(=O)(O)O.C=CP(=O)(O)O.C=CP(=O)(O)O.NCCN. The average molecular weight is 492 g/mol.